The van der Waals surface area contributed by atoms with Crippen LogP contribution in [-0.4, -0.2) is 18.4 Å². The molecule has 0 saturated carbocycles. The summed E-state index contributed by atoms with van der Waals surface area (Å²) in [6, 6.07) is 26.6. The van der Waals surface area contributed by atoms with E-state index in [-0.39, 0.29) is 0 Å². The number of hydrogen-bond donors (Lipinski definition) is 0. The zero-order valence-electron chi connectivity index (χ0n) is 12.8. The summed E-state index contributed by atoms with van der Waals surface area (Å²) in [5.74, 6) is 0. The molecule has 0 spiro atoms. The van der Waals surface area contributed by atoms with Crippen LogP contribution in [0.1, 0.15) is 0 Å². The number of rotatable bonds is 4. The van der Waals surface area contributed by atoms with E-state index in [4.69, 9.17) is 0 Å². The molecule has 0 bridgehead atoms. The fourth-order valence-electron chi connectivity index (χ4n) is 3.09. The molecule has 24 heavy (non-hydrogen) atoms. The molecule has 0 aliphatic rings. The van der Waals surface area contributed by atoms with E-state index >= 15 is 4.39 Å². The molecule has 0 aliphatic heterocycles. The van der Waals surface area contributed by atoms with Gasteiger partial charge in [0.15, 0.2) is 0 Å². The molecule has 0 nitrogen and oxygen atoms in total. The quantitative estimate of drug-likeness (QED) is 0.552. The number of hydrogen-bond acceptors (Lipinski definition) is 0. The molecule has 0 radical (unpaired) electrons. The third-order valence-electron chi connectivity index (χ3n) is 4.12. The van der Waals surface area contributed by atoms with Gasteiger partial charge in [0.2, 0.25) is 0 Å². The molecule has 0 unspecified atom stereocenters. The van der Waals surface area contributed by atoms with Gasteiger partial charge in [-0.15, -0.1) is 0 Å². The Bertz CT molecular complexity index is 730. The molecule has 0 aliphatic carbocycles. The van der Waals surface area contributed by atoms with Gasteiger partial charge < -0.3 is 0 Å². The van der Waals surface area contributed by atoms with E-state index in [0.717, 1.165) is 0 Å². The molecule has 0 heterocycles. The average molecular weight is 431 g/mol. The van der Waals surface area contributed by atoms with Crippen molar-refractivity contribution in [3.63, 3.8) is 0 Å². The monoisotopic (exact) mass is 432 g/mol. The van der Waals surface area contributed by atoms with Crippen LogP contribution >= 0.6 is 0 Å². The first-order chi connectivity index (χ1) is 11.7. The summed E-state index contributed by atoms with van der Waals surface area (Å²) in [5, 5.41) is 0. The summed E-state index contributed by atoms with van der Waals surface area (Å²) in [4.78, 5) is 0. The Hall–Kier alpha value is -2.01. The van der Waals surface area contributed by atoms with Gasteiger partial charge in [-0.1, -0.05) is 0 Å². The molecule has 120 valence electrons. The summed E-state index contributed by atoms with van der Waals surface area (Å²) in [6.07, 6.45) is -2.22. The van der Waals surface area contributed by atoms with Gasteiger partial charge in [-0.2, -0.15) is 0 Å². The average Bonchev–Trinajstić information content (AvgIpc) is 2.65. The summed E-state index contributed by atoms with van der Waals surface area (Å²) < 4.78 is 42.9. The SMILES string of the molecule is FC(F)=[C](F)[Sn]([c]1ccccc1)([c]1ccccc1)[c]1ccccc1. The van der Waals surface area contributed by atoms with Gasteiger partial charge in [-0.3, -0.25) is 0 Å². The Morgan fingerprint density at radius 2 is 0.792 bits per heavy atom. The zero-order chi connectivity index (χ0) is 17.0. The molecule has 0 atom stereocenters. The molecular weight excluding hydrogens is 416 g/mol. The van der Waals surface area contributed by atoms with Crippen molar-refractivity contribution in [1.29, 1.82) is 0 Å². The van der Waals surface area contributed by atoms with Crippen LogP contribution in [0.15, 0.2) is 101 Å². The molecular formula is C20H15F3Sn. The van der Waals surface area contributed by atoms with Crippen molar-refractivity contribution in [2.24, 2.45) is 0 Å². The first kappa shape index (κ1) is 16.8. The van der Waals surface area contributed by atoms with Crippen molar-refractivity contribution in [2.45, 2.75) is 0 Å². The molecule has 0 saturated heterocycles. The van der Waals surface area contributed by atoms with Crippen molar-refractivity contribution >= 4 is 29.1 Å². The molecule has 0 amide bonds. The predicted molar refractivity (Wildman–Crippen MR) is 94.3 cm³/mol. The van der Waals surface area contributed by atoms with Crippen molar-refractivity contribution in [2.75, 3.05) is 0 Å². The third-order valence-corrected chi connectivity index (χ3v) is 16.8. The van der Waals surface area contributed by atoms with E-state index in [2.05, 4.69) is 0 Å². The summed E-state index contributed by atoms with van der Waals surface area (Å²) >= 11 is -4.63. The van der Waals surface area contributed by atoms with Crippen LogP contribution in [0.3, 0.4) is 0 Å². The second-order valence-electron chi connectivity index (χ2n) is 5.42. The van der Waals surface area contributed by atoms with Gasteiger partial charge in [-0.05, 0) is 0 Å². The molecule has 3 rings (SSSR count). The van der Waals surface area contributed by atoms with Crippen LogP contribution < -0.4 is 10.7 Å². The van der Waals surface area contributed by atoms with Crippen molar-refractivity contribution in [3.8, 4) is 0 Å². The fourth-order valence-corrected chi connectivity index (χ4v) is 14.8. The first-order valence-electron chi connectivity index (χ1n) is 7.55. The van der Waals surface area contributed by atoms with Crippen molar-refractivity contribution in [1.82, 2.24) is 0 Å². The van der Waals surface area contributed by atoms with Gasteiger partial charge in [0.1, 0.15) is 0 Å². The third kappa shape index (κ3) is 2.88. The Morgan fingerprint density at radius 3 is 1.04 bits per heavy atom. The molecule has 4 heteroatoms. The molecule has 0 N–H and O–H groups in total. The van der Waals surface area contributed by atoms with E-state index in [1.54, 1.807) is 72.8 Å². The standard InChI is InChI=1S/3C6H5.C2F3.Sn/c3*1-2-4-6-5-3-1;3-1-2(4)5;/h3*1-5H;;. The minimum absolute atomic E-state index is 0.662. The second-order valence-corrected chi connectivity index (χ2v) is 15.9. The van der Waals surface area contributed by atoms with Gasteiger partial charge >= 0.3 is 143 Å². The molecule has 0 fully saturated rings. The van der Waals surface area contributed by atoms with Gasteiger partial charge in [0, 0.05) is 0 Å². The predicted octanol–water partition coefficient (Wildman–Crippen LogP) is 3.77. The normalized spacial score (nSPS) is 11.1. The Labute approximate surface area is 143 Å². The van der Waals surface area contributed by atoms with E-state index < -0.39 is 28.3 Å². The van der Waals surface area contributed by atoms with Gasteiger partial charge in [-0.25, -0.2) is 0 Å². The van der Waals surface area contributed by atoms with E-state index in [1.807, 2.05) is 18.2 Å². The van der Waals surface area contributed by atoms with Crippen LogP contribution in [0.2, 0.25) is 0 Å². The Morgan fingerprint density at radius 1 is 0.500 bits per heavy atom. The van der Waals surface area contributed by atoms with Crippen LogP contribution in [-0.2, 0) is 0 Å². The maximum atomic E-state index is 15.1. The minimum atomic E-state index is -4.63. The van der Waals surface area contributed by atoms with Crippen LogP contribution in [0.5, 0.6) is 0 Å². The van der Waals surface area contributed by atoms with Crippen LogP contribution in [0.25, 0.3) is 0 Å². The molecule has 3 aromatic rings. The maximum absolute atomic E-state index is 15.1. The van der Waals surface area contributed by atoms with Crippen molar-refractivity contribution < 1.29 is 13.2 Å². The Balaban J connectivity index is 2.45. The van der Waals surface area contributed by atoms with Crippen molar-refractivity contribution in [3.05, 3.63) is 101 Å². The summed E-state index contributed by atoms with van der Waals surface area (Å²) in [7, 11) is 0. The van der Waals surface area contributed by atoms with Gasteiger partial charge in [0.25, 0.3) is 0 Å². The number of benzene rings is 3. The van der Waals surface area contributed by atoms with E-state index in [1.165, 1.54) is 0 Å². The van der Waals surface area contributed by atoms with Gasteiger partial charge in [0.05, 0.1) is 0 Å². The van der Waals surface area contributed by atoms with E-state index in [0.29, 0.717) is 10.7 Å². The first-order valence-corrected chi connectivity index (χ1v) is 13.3. The van der Waals surface area contributed by atoms with Crippen LogP contribution in [0, 0.1) is 0 Å². The van der Waals surface area contributed by atoms with E-state index in [9.17, 15) is 8.78 Å². The summed E-state index contributed by atoms with van der Waals surface area (Å²) in [5.41, 5.74) is 0. The fraction of sp³-hybridized carbons (Fsp3) is 0. The number of halogens is 3. The molecule has 0 aromatic heterocycles. The van der Waals surface area contributed by atoms with Crippen LogP contribution in [0.4, 0.5) is 13.2 Å². The Kier molecular flexibility index (Phi) is 5.09. The topological polar surface area (TPSA) is 0 Å². The summed E-state index contributed by atoms with van der Waals surface area (Å²) in [6.45, 7) is 0. The zero-order valence-corrected chi connectivity index (χ0v) is 15.6. The molecule has 3 aromatic carbocycles. The second kappa shape index (κ2) is 7.26.